The largest absolute Gasteiger partial charge is 0.497 e. The summed E-state index contributed by atoms with van der Waals surface area (Å²) in [5.74, 6) is -0.461. The van der Waals surface area contributed by atoms with Crippen LogP contribution in [-0.2, 0) is 18.1 Å². The number of ether oxygens (including phenoxy) is 1. The molecule has 0 fully saturated rings. The molecular weight excluding hydrogens is 562 g/mol. The van der Waals surface area contributed by atoms with Gasteiger partial charge in [-0.05, 0) is 62.4 Å². The van der Waals surface area contributed by atoms with Gasteiger partial charge in [0, 0.05) is 22.8 Å². The Hall–Kier alpha value is -4.14. The van der Waals surface area contributed by atoms with Gasteiger partial charge in [0.05, 0.1) is 29.6 Å². The molecular formula is C25H20F6N6O2S. The molecule has 8 nitrogen and oxygen atoms in total. The number of thioether (sulfide) groups is 1. The fraction of sp³-hybridized carbons (Fsp3) is 0.240. The van der Waals surface area contributed by atoms with Crippen molar-refractivity contribution in [1.29, 1.82) is 0 Å². The van der Waals surface area contributed by atoms with Gasteiger partial charge >= 0.3 is 12.4 Å². The third kappa shape index (κ3) is 6.70. The van der Waals surface area contributed by atoms with E-state index in [2.05, 4.69) is 25.6 Å². The van der Waals surface area contributed by atoms with Crippen LogP contribution in [0.1, 0.15) is 38.7 Å². The Morgan fingerprint density at radius 1 is 0.925 bits per heavy atom. The number of anilines is 1. The van der Waals surface area contributed by atoms with Crippen molar-refractivity contribution < 1.29 is 35.9 Å². The van der Waals surface area contributed by atoms with Gasteiger partial charge < -0.3 is 10.1 Å². The molecule has 40 heavy (non-hydrogen) atoms. The Bertz CT molecular complexity index is 1480. The first-order valence-electron chi connectivity index (χ1n) is 11.4. The second-order valence-corrected chi connectivity index (χ2v) is 9.41. The van der Waals surface area contributed by atoms with Crippen molar-refractivity contribution in [3.8, 4) is 11.4 Å². The van der Waals surface area contributed by atoms with Crippen LogP contribution in [0.25, 0.3) is 5.69 Å². The molecule has 0 radical (unpaired) electrons. The van der Waals surface area contributed by atoms with E-state index < -0.39 is 35.1 Å². The van der Waals surface area contributed by atoms with Crippen LogP contribution in [-0.4, -0.2) is 38.0 Å². The summed E-state index contributed by atoms with van der Waals surface area (Å²) in [6.07, 6.45) is -10.2. The fourth-order valence-electron chi connectivity index (χ4n) is 3.65. The van der Waals surface area contributed by atoms with Gasteiger partial charge in [-0.1, -0.05) is 17.0 Å². The zero-order valence-electron chi connectivity index (χ0n) is 21.1. The van der Waals surface area contributed by atoms with E-state index in [-0.39, 0.29) is 23.2 Å². The molecule has 0 saturated heterocycles. The zero-order valence-corrected chi connectivity index (χ0v) is 21.9. The average Bonchev–Trinajstić information content (AvgIpc) is 3.30. The molecule has 0 spiro atoms. The van der Waals surface area contributed by atoms with Gasteiger partial charge in [0.25, 0.3) is 5.91 Å². The van der Waals surface area contributed by atoms with Crippen molar-refractivity contribution in [2.45, 2.75) is 37.1 Å². The molecule has 210 valence electrons. The van der Waals surface area contributed by atoms with E-state index in [1.54, 1.807) is 44.2 Å². The second-order valence-electron chi connectivity index (χ2n) is 8.47. The lowest BCUT2D eigenvalue weighted by Gasteiger charge is -2.14. The van der Waals surface area contributed by atoms with Gasteiger partial charge in [0.15, 0.2) is 10.9 Å². The van der Waals surface area contributed by atoms with Gasteiger partial charge in [-0.25, -0.2) is 14.6 Å². The molecule has 0 saturated carbocycles. The lowest BCUT2D eigenvalue weighted by atomic mass is 10.1. The van der Waals surface area contributed by atoms with Gasteiger partial charge in [-0.2, -0.15) is 26.3 Å². The third-order valence-electron chi connectivity index (χ3n) is 5.44. The zero-order chi connectivity index (χ0) is 29.2. The highest BCUT2D eigenvalue weighted by molar-refractivity contribution is 7.98. The maximum Gasteiger partial charge on any atom is 0.416 e. The van der Waals surface area contributed by atoms with Crippen molar-refractivity contribution in [3.63, 3.8) is 0 Å². The highest BCUT2D eigenvalue weighted by Crippen LogP contribution is 2.37. The molecule has 1 N–H and O–H groups in total. The summed E-state index contributed by atoms with van der Waals surface area (Å²) in [5.41, 5.74) is -2.05. The number of benzene rings is 2. The van der Waals surface area contributed by atoms with E-state index in [4.69, 9.17) is 4.74 Å². The third-order valence-corrected chi connectivity index (χ3v) is 6.30. The standard InChI is InChI=1S/C25H20F6N6O2S/c1-13-8-14(2)33-23(32-13)40-12-20-21(35-36-37(20)18-4-6-19(39-3)7-5-18)22(38)34-17-10-15(24(26,27)28)9-16(11-17)25(29,30)31/h4-11H,12H2,1-3H3,(H,34,38). The maximum absolute atomic E-state index is 13.3. The van der Waals surface area contributed by atoms with E-state index in [0.29, 0.717) is 40.1 Å². The summed E-state index contributed by atoms with van der Waals surface area (Å²) in [6.45, 7) is 3.57. The number of aryl methyl sites for hydroxylation is 2. The smallest absolute Gasteiger partial charge is 0.416 e. The SMILES string of the molecule is COc1ccc(-n2nnc(C(=O)Nc3cc(C(F)(F)F)cc(C(F)(F)F)c3)c2CSc2nc(C)cc(C)n2)cc1. The predicted octanol–water partition coefficient (Wildman–Crippen LogP) is 6.26. The van der Waals surface area contributed by atoms with E-state index >= 15 is 0 Å². The number of hydrogen-bond acceptors (Lipinski definition) is 7. The molecule has 15 heteroatoms. The Labute approximate surface area is 227 Å². The van der Waals surface area contributed by atoms with E-state index in [1.165, 1.54) is 11.8 Å². The van der Waals surface area contributed by atoms with Crippen LogP contribution in [0.5, 0.6) is 5.75 Å². The number of carbonyl (C=O) groups excluding carboxylic acids is 1. The first-order valence-corrected chi connectivity index (χ1v) is 12.4. The number of hydrogen-bond donors (Lipinski definition) is 1. The minimum absolute atomic E-state index is 0.0263. The summed E-state index contributed by atoms with van der Waals surface area (Å²) in [6, 6.07) is 9.14. The van der Waals surface area contributed by atoms with Gasteiger partial charge in [-0.15, -0.1) is 5.10 Å². The Kier molecular flexibility index (Phi) is 8.05. The summed E-state index contributed by atoms with van der Waals surface area (Å²) >= 11 is 1.15. The van der Waals surface area contributed by atoms with Crippen LogP contribution < -0.4 is 10.1 Å². The van der Waals surface area contributed by atoms with E-state index in [0.717, 1.165) is 11.8 Å². The first kappa shape index (κ1) is 28.9. The highest BCUT2D eigenvalue weighted by Gasteiger charge is 2.37. The normalized spacial score (nSPS) is 11.9. The topological polar surface area (TPSA) is 94.8 Å². The van der Waals surface area contributed by atoms with Crippen molar-refractivity contribution >= 4 is 23.4 Å². The number of methoxy groups -OCH3 is 1. The maximum atomic E-state index is 13.3. The molecule has 0 bridgehead atoms. The summed E-state index contributed by atoms with van der Waals surface area (Å²) in [7, 11) is 1.48. The van der Waals surface area contributed by atoms with Gasteiger partial charge in [-0.3, -0.25) is 4.79 Å². The number of nitrogens with one attached hydrogen (secondary N) is 1. The summed E-state index contributed by atoms with van der Waals surface area (Å²) in [5, 5.41) is 10.4. The molecule has 4 rings (SSSR count). The van der Waals surface area contributed by atoms with Crippen molar-refractivity contribution in [1.82, 2.24) is 25.0 Å². The molecule has 0 aliphatic heterocycles. The molecule has 0 atom stereocenters. The quantitative estimate of drug-likeness (QED) is 0.156. The monoisotopic (exact) mass is 582 g/mol. The summed E-state index contributed by atoms with van der Waals surface area (Å²) in [4.78, 5) is 21.8. The van der Waals surface area contributed by atoms with Crippen molar-refractivity contribution in [2.75, 3.05) is 12.4 Å². The molecule has 1 amide bonds. The molecule has 0 aliphatic carbocycles. The highest BCUT2D eigenvalue weighted by atomic mass is 32.2. The number of alkyl halides is 6. The van der Waals surface area contributed by atoms with Crippen LogP contribution in [0.4, 0.5) is 32.0 Å². The van der Waals surface area contributed by atoms with Crippen LogP contribution in [0, 0.1) is 13.8 Å². The Balaban J connectivity index is 1.72. The Morgan fingerprint density at radius 3 is 2.02 bits per heavy atom. The average molecular weight is 583 g/mol. The van der Waals surface area contributed by atoms with E-state index in [9.17, 15) is 31.1 Å². The minimum Gasteiger partial charge on any atom is -0.497 e. The van der Waals surface area contributed by atoms with Crippen molar-refractivity contribution in [3.05, 3.63) is 82.4 Å². The van der Waals surface area contributed by atoms with Crippen LogP contribution >= 0.6 is 11.8 Å². The van der Waals surface area contributed by atoms with E-state index in [1.807, 2.05) is 0 Å². The first-order chi connectivity index (χ1) is 18.7. The molecule has 2 aromatic heterocycles. The molecule has 0 unspecified atom stereocenters. The number of amides is 1. The lowest BCUT2D eigenvalue weighted by Crippen LogP contribution is -2.17. The molecule has 2 heterocycles. The van der Waals surface area contributed by atoms with Crippen LogP contribution in [0.3, 0.4) is 0 Å². The molecule has 0 aliphatic rings. The number of nitrogens with zero attached hydrogens (tertiary/aromatic N) is 5. The van der Waals surface area contributed by atoms with Gasteiger partial charge in [0.1, 0.15) is 5.75 Å². The van der Waals surface area contributed by atoms with Crippen LogP contribution in [0.15, 0.2) is 53.7 Å². The number of rotatable bonds is 7. The van der Waals surface area contributed by atoms with Gasteiger partial charge in [0.2, 0.25) is 0 Å². The number of carbonyl (C=O) groups is 1. The summed E-state index contributed by atoms with van der Waals surface area (Å²) < 4.78 is 86.2. The molecule has 4 aromatic rings. The number of halogens is 6. The number of aromatic nitrogens is 5. The fourth-order valence-corrected chi connectivity index (χ4v) is 4.59. The Morgan fingerprint density at radius 2 is 1.50 bits per heavy atom. The van der Waals surface area contributed by atoms with Crippen LogP contribution in [0.2, 0.25) is 0 Å². The predicted molar refractivity (Wildman–Crippen MR) is 133 cm³/mol. The minimum atomic E-state index is -5.08. The second kappa shape index (κ2) is 11.2. The lowest BCUT2D eigenvalue weighted by molar-refractivity contribution is -0.143. The van der Waals surface area contributed by atoms with Crippen molar-refractivity contribution in [2.24, 2.45) is 0 Å². The molecule has 2 aromatic carbocycles.